The lowest BCUT2D eigenvalue weighted by atomic mass is 9.51. The van der Waals surface area contributed by atoms with Gasteiger partial charge in [0, 0.05) is 0 Å². The Morgan fingerprint density at radius 1 is 1.00 bits per heavy atom. The molecule has 12 heavy (non-hydrogen) atoms. The zero-order valence-electron chi connectivity index (χ0n) is 8.95. The molecule has 1 heteroatoms. The average molecular weight is 172 g/mol. The minimum atomic E-state index is -0.880. The first-order chi connectivity index (χ1) is 5.30. The maximum absolute atomic E-state index is 13.4. The zero-order chi connectivity index (χ0) is 9.57. The highest BCUT2D eigenvalue weighted by atomic mass is 19.1. The lowest BCUT2D eigenvalue weighted by molar-refractivity contribution is -0.113. The van der Waals surface area contributed by atoms with Crippen molar-refractivity contribution >= 4 is 0 Å². The fourth-order valence-electron chi connectivity index (χ4n) is 2.80. The van der Waals surface area contributed by atoms with Crippen LogP contribution >= 0.6 is 0 Å². The van der Waals surface area contributed by atoms with Gasteiger partial charge in [0.25, 0.3) is 0 Å². The van der Waals surface area contributed by atoms with Crippen molar-refractivity contribution < 1.29 is 4.39 Å². The van der Waals surface area contributed by atoms with Gasteiger partial charge in [0.1, 0.15) is 5.67 Å². The molecule has 0 unspecified atom stereocenters. The number of halogens is 1. The molecule has 0 aliphatic heterocycles. The van der Waals surface area contributed by atoms with Crippen LogP contribution in [0.4, 0.5) is 4.39 Å². The molecule has 1 aliphatic carbocycles. The van der Waals surface area contributed by atoms with Crippen molar-refractivity contribution in [3.63, 3.8) is 0 Å². The summed E-state index contributed by atoms with van der Waals surface area (Å²) in [5.74, 6) is 1.22. The highest BCUT2D eigenvalue weighted by molar-refractivity contribution is 5.04. The van der Waals surface area contributed by atoms with Crippen molar-refractivity contribution in [1.29, 1.82) is 0 Å². The predicted octanol–water partition coefficient (Wildman–Crippen LogP) is 3.81. The summed E-state index contributed by atoms with van der Waals surface area (Å²) in [6.45, 7) is 10.6. The van der Waals surface area contributed by atoms with Gasteiger partial charge in [-0.2, -0.15) is 0 Å². The lowest BCUT2D eigenvalue weighted by Gasteiger charge is -2.56. The van der Waals surface area contributed by atoms with Crippen LogP contribution in [0.1, 0.15) is 47.5 Å². The van der Waals surface area contributed by atoms with Gasteiger partial charge in [0.15, 0.2) is 0 Å². The first kappa shape index (κ1) is 10.0. The van der Waals surface area contributed by atoms with Crippen molar-refractivity contribution in [3.8, 4) is 0 Å². The SMILES string of the molecule is CC(C)C1(C(C)C)CC(C)(F)C1. The Labute approximate surface area is 75.5 Å². The lowest BCUT2D eigenvalue weighted by Crippen LogP contribution is -2.53. The summed E-state index contributed by atoms with van der Waals surface area (Å²) in [7, 11) is 0. The van der Waals surface area contributed by atoms with Gasteiger partial charge in [-0.05, 0) is 37.0 Å². The molecule has 0 saturated heterocycles. The Hall–Kier alpha value is -0.0700. The summed E-state index contributed by atoms with van der Waals surface area (Å²) in [5.41, 5.74) is -0.599. The van der Waals surface area contributed by atoms with Crippen LogP contribution in [0.25, 0.3) is 0 Å². The molecule has 0 aromatic rings. The van der Waals surface area contributed by atoms with Crippen molar-refractivity contribution in [1.82, 2.24) is 0 Å². The van der Waals surface area contributed by atoms with Crippen LogP contribution in [0.15, 0.2) is 0 Å². The number of hydrogen-bond donors (Lipinski definition) is 0. The molecule has 0 aromatic carbocycles. The van der Waals surface area contributed by atoms with E-state index in [1.807, 2.05) is 0 Å². The third kappa shape index (κ3) is 1.38. The molecule has 0 nitrogen and oxygen atoms in total. The maximum Gasteiger partial charge on any atom is 0.109 e. The van der Waals surface area contributed by atoms with Gasteiger partial charge < -0.3 is 0 Å². The van der Waals surface area contributed by atoms with E-state index in [4.69, 9.17) is 0 Å². The molecule has 0 spiro atoms. The highest BCUT2D eigenvalue weighted by Gasteiger charge is 2.55. The summed E-state index contributed by atoms with van der Waals surface area (Å²) in [4.78, 5) is 0. The molecule has 72 valence electrons. The smallest absolute Gasteiger partial charge is 0.109 e. The van der Waals surface area contributed by atoms with Crippen LogP contribution in [0.2, 0.25) is 0 Å². The Morgan fingerprint density at radius 2 is 1.33 bits per heavy atom. The van der Waals surface area contributed by atoms with Crippen molar-refractivity contribution in [3.05, 3.63) is 0 Å². The van der Waals surface area contributed by atoms with Gasteiger partial charge in [-0.3, -0.25) is 0 Å². The maximum atomic E-state index is 13.4. The van der Waals surface area contributed by atoms with Crippen LogP contribution in [-0.4, -0.2) is 5.67 Å². The van der Waals surface area contributed by atoms with E-state index in [0.29, 0.717) is 11.8 Å². The molecule has 0 radical (unpaired) electrons. The third-order valence-electron chi connectivity index (χ3n) is 3.70. The van der Waals surface area contributed by atoms with Gasteiger partial charge in [-0.25, -0.2) is 4.39 Å². The molecule has 1 aliphatic rings. The van der Waals surface area contributed by atoms with Crippen LogP contribution in [0.3, 0.4) is 0 Å². The van der Waals surface area contributed by atoms with E-state index in [0.717, 1.165) is 12.8 Å². The second kappa shape index (κ2) is 2.71. The highest BCUT2D eigenvalue weighted by Crippen LogP contribution is 2.58. The third-order valence-corrected chi connectivity index (χ3v) is 3.70. The van der Waals surface area contributed by atoms with Crippen LogP contribution in [0.5, 0.6) is 0 Å². The van der Waals surface area contributed by atoms with Gasteiger partial charge in [0.2, 0.25) is 0 Å². The van der Waals surface area contributed by atoms with Crippen LogP contribution < -0.4 is 0 Å². The van der Waals surface area contributed by atoms with Crippen LogP contribution in [0, 0.1) is 17.3 Å². The first-order valence-corrected chi connectivity index (χ1v) is 4.99. The van der Waals surface area contributed by atoms with Gasteiger partial charge in [0.05, 0.1) is 0 Å². The first-order valence-electron chi connectivity index (χ1n) is 4.99. The van der Waals surface area contributed by atoms with E-state index in [2.05, 4.69) is 27.7 Å². The molecule has 0 heterocycles. The monoisotopic (exact) mass is 172 g/mol. The molecule has 1 saturated carbocycles. The van der Waals surface area contributed by atoms with Gasteiger partial charge in [-0.1, -0.05) is 27.7 Å². The minimum absolute atomic E-state index is 0.281. The van der Waals surface area contributed by atoms with E-state index in [9.17, 15) is 4.39 Å². The van der Waals surface area contributed by atoms with E-state index < -0.39 is 5.67 Å². The average Bonchev–Trinajstić information content (AvgIpc) is 1.80. The predicted molar refractivity (Wildman–Crippen MR) is 50.9 cm³/mol. The fourth-order valence-corrected chi connectivity index (χ4v) is 2.80. The van der Waals surface area contributed by atoms with Crippen molar-refractivity contribution in [2.24, 2.45) is 17.3 Å². The number of hydrogen-bond acceptors (Lipinski definition) is 0. The number of rotatable bonds is 2. The summed E-state index contributed by atoms with van der Waals surface area (Å²) in [6.07, 6.45) is 1.52. The quantitative estimate of drug-likeness (QED) is 0.594. The molecular formula is C11H21F. The van der Waals surface area contributed by atoms with E-state index in [-0.39, 0.29) is 5.41 Å². The Balaban J connectivity index is 2.69. The zero-order valence-corrected chi connectivity index (χ0v) is 8.95. The molecule has 0 bridgehead atoms. The van der Waals surface area contributed by atoms with Crippen molar-refractivity contribution in [2.45, 2.75) is 53.1 Å². The normalized spacial score (nSPS) is 26.0. The second-order valence-electron chi connectivity index (χ2n) is 5.31. The molecule has 0 aromatic heterocycles. The molecule has 1 rings (SSSR count). The molecule has 0 N–H and O–H groups in total. The Bertz CT molecular complexity index is 150. The van der Waals surface area contributed by atoms with E-state index in [1.165, 1.54) is 0 Å². The van der Waals surface area contributed by atoms with Crippen molar-refractivity contribution in [2.75, 3.05) is 0 Å². The largest absolute Gasteiger partial charge is 0.244 e. The summed E-state index contributed by atoms with van der Waals surface area (Å²) < 4.78 is 13.4. The summed E-state index contributed by atoms with van der Waals surface area (Å²) in [5, 5.41) is 0. The van der Waals surface area contributed by atoms with E-state index in [1.54, 1.807) is 6.92 Å². The minimum Gasteiger partial charge on any atom is -0.244 e. The molecule has 0 amide bonds. The molecule has 1 fully saturated rings. The summed E-state index contributed by atoms with van der Waals surface area (Å²) >= 11 is 0. The standard InChI is InChI=1S/C11H21F/c1-8(2)11(9(3)4)6-10(5,12)7-11/h8-9H,6-7H2,1-5H3. The van der Waals surface area contributed by atoms with Gasteiger partial charge >= 0.3 is 0 Å². The topological polar surface area (TPSA) is 0 Å². The van der Waals surface area contributed by atoms with E-state index >= 15 is 0 Å². The van der Waals surface area contributed by atoms with Crippen LogP contribution in [-0.2, 0) is 0 Å². The Morgan fingerprint density at radius 3 is 1.42 bits per heavy atom. The fraction of sp³-hybridized carbons (Fsp3) is 1.00. The second-order valence-corrected chi connectivity index (χ2v) is 5.31. The number of alkyl halides is 1. The molecule has 0 atom stereocenters. The Kier molecular flexibility index (Phi) is 2.26. The molecular weight excluding hydrogens is 151 g/mol. The van der Waals surface area contributed by atoms with Gasteiger partial charge in [-0.15, -0.1) is 0 Å². The summed E-state index contributed by atoms with van der Waals surface area (Å²) in [6, 6.07) is 0.